The third kappa shape index (κ3) is 2.33. The van der Waals surface area contributed by atoms with E-state index in [1.54, 1.807) is 4.68 Å². The molecule has 1 aromatic carbocycles. The minimum atomic E-state index is 0.308. The number of hydrogen-bond donors (Lipinski definition) is 1. The first-order valence-electron chi connectivity index (χ1n) is 6.34. The van der Waals surface area contributed by atoms with Crippen molar-refractivity contribution in [3.63, 3.8) is 0 Å². The normalized spacial score (nSPS) is 18.9. The van der Waals surface area contributed by atoms with Crippen LogP contribution in [-0.4, -0.2) is 23.0 Å². The molecule has 1 aliphatic heterocycles. The van der Waals surface area contributed by atoms with E-state index in [-0.39, 0.29) is 0 Å². The lowest BCUT2D eigenvalue weighted by molar-refractivity contribution is 0.193. The Morgan fingerprint density at radius 3 is 3.00 bits per heavy atom. The van der Waals surface area contributed by atoms with Gasteiger partial charge < -0.3 is 10.5 Å². The van der Waals surface area contributed by atoms with Gasteiger partial charge in [0, 0.05) is 17.5 Å². The van der Waals surface area contributed by atoms with E-state index >= 15 is 0 Å². The van der Waals surface area contributed by atoms with E-state index in [2.05, 4.69) is 5.10 Å². The number of aryl methyl sites for hydroxylation is 1. The summed E-state index contributed by atoms with van der Waals surface area (Å²) in [6.07, 6.45) is 2.82. The van der Waals surface area contributed by atoms with Crippen molar-refractivity contribution in [3.05, 3.63) is 40.7 Å². The van der Waals surface area contributed by atoms with Gasteiger partial charge in [-0.25, -0.2) is 4.68 Å². The van der Waals surface area contributed by atoms with Gasteiger partial charge in [-0.2, -0.15) is 5.10 Å². The average molecular weight is 278 g/mol. The Morgan fingerprint density at radius 1 is 1.47 bits per heavy atom. The van der Waals surface area contributed by atoms with Gasteiger partial charge in [0.25, 0.3) is 0 Å². The topological polar surface area (TPSA) is 53.1 Å². The Hall–Kier alpha value is -1.52. The zero-order valence-electron chi connectivity index (χ0n) is 10.8. The summed E-state index contributed by atoms with van der Waals surface area (Å²) in [5.41, 5.74) is 9.67. The molecule has 1 saturated heterocycles. The Balaban J connectivity index is 1.96. The van der Waals surface area contributed by atoms with Crippen molar-refractivity contribution in [2.75, 3.05) is 18.9 Å². The van der Waals surface area contributed by atoms with E-state index in [9.17, 15) is 0 Å². The van der Waals surface area contributed by atoms with Gasteiger partial charge in [-0.3, -0.25) is 0 Å². The molecule has 1 aliphatic rings. The van der Waals surface area contributed by atoms with Crippen LogP contribution in [0.2, 0.25) is 5.02 Å². The van der Waals surface area contributed by atoms with Crippen molar-refractivity contribution >= 4 is 17.3 Å². The molecule has 0 amide bonds. The second kappa shape index (κ2) is 4.87. The molecule has 1 fully saturated rings. The number of halogens is 1. The number of aromatic nitrogens is 2. The highest BCUT2D eigenvalue weighted by Gasteiger charge is 2.23. The van der Waals surface area contributed by atoms with Crippen LogP contribution in [0, 0.1) is 6.92 Å². The van der Waals surface area contributed by atoms with E-state index in [0.29, 0.717) is 18.2 Å². The van der Waals surface area contributed by atoms with Gasteiger partial charge in [0.05, 0.1) is 29.9 Å². The summed E-state index contributed by atoms with van der Waals surface area (Å²) in [6, 6.07) is 5.87. The van der Waals surface area contributed by atoms with Gasteiger partial charge >= 0.3 is 0 Å². The molecule has 2 heterocycles. The highest BCUT2D eigenvalue weighted by atomic mass is 35.5. The molecule has 5 heteroatoms. The second-order valence-corrected chi connectivity index (χ2v) is 5.32. The first-order chi connectivity index (χ1) is 9.15. The standard InChI is InChI=1S/C14H16ClN3O/c1-9-2-3-11(6-12(9)15)18-7-13(16)14(17-18)10-4-5-19-8-10/h2-3,6-7,10H,4-5,8,16H2,1H3. The summed E-state index contributed by atoms with van der Waals surface area (Å²) in [4.78, 5) is 0. The van der Waals surface area contributed by atoms with Crippen LogP contribution in [0.25, 0.3) is 5.69 Å². The molecule has 1 aromatic heterocycles. The highest BCUT2D eigenvalue weighted by molar-refractivity contribution is 6.31. The molecule has 0 saturated carbocycles. The van der Waals surface area contributed by atoms with Gasteiger partial charge in [0.1, 0.15) is 0 Å². The molecule has 0 radical (unpaired) electrons. The highest BCUT2D eigenvalue weighted by Crippen LogP contribution is 2.29. The van der Waals surface area contributed by atoms with Gasteiger partial charge in [0.15, 0.2) is 0 Å². The molecule has 0 bridgehead atoms. The van der Waals surface area contributed by atoms with E-state index in [1.807, 2.05) is 31.3 Å². The summed E-state index contributed by atoms with van der Waals surface area (Å²) in [6.45, 7) is 3.47. The van der Waals surface area contributed by atoms with Crippen LogP contribution in [0.15, 0.2) is 24.4 Å². The summed E-state index contributed by atoms with van der Waals surface area (Å²) in [5.74, 6) is 0.308. The molecular weight excluding hydrogens is 262 g/mol. The molecule has 1 unspecified atom stereocenters. The minimum absolute atomic E-state index is 0.308. The molecular formula is C14H16ClN3O. The van der Waals surface area contributed by atoms with Crippen molar-refractivity contribution in [1.82, 2.24) is 9.78 Å². The molecule has 2 N–H and O–H groups in total. The summed E-state index contributed by atoms with van der Waals surface area (Å²) < 4.78 is 7.18. The monoisotopic (exact) mass is 277 g/mol. The number of hydrogen-bond acceptors (Lipinski definition) is 3. The van der Waals surface area contributed by atoms with E-state index in [1.165, 1.54) is 0 Å². The lowest BCUT2D eigenvalue weighted by atomic mass is 10.0. The Morgan fingerprint density at radius 2 is 2.32 bits per heavy atom. The van der Waals surface area contributed by atoms with Crippen LogP contribution >= 0.6 is 11.6 Å². The number of benzene rings is 1. The van der Waals surface area contributed by atoms with Crippen molar-refractivity contribution in [2.45, 2.75) is 19.3 Å². The minimum Gasteiger partial charge on any atom is -0.396 e. The molecule has 1 atom stereocenters. The fraction of sp³-hybridized carbons (Fsp3) is 0.357. The van der Waals surface area contributed by atoms with Gasteiger partial charge in [-0.05, 0) is 31.0 Å². The quantitative estimate of drug-likeness (QED) is 0.918. The number of rotatable bonds is 2. The number of nitrogens with two attached hydrogens (primary N) is 1. The van der Waals surface area contributed by atoms with Crippen molar-refractivity contribution in [2.24, 2.45) is 0 Å². The van der Waals surface area contributed by atoms with E-state index in [0.717, 1.165) is 35.0 Å². The fourth-order valence-corrected chi connectivity index (χ4v) is 2.50. The lowest BCUT2D eigenvalue weighted by Crippen LogP contribution is -2.03. The molecule has 0 aliphatic carbocycles. The summed E-state index contributed by atoms with van der Waals surface area (Å²) >= 11 is 6.15. The maximum absolute atomic E-state index is 6.15. The van der Waals surface area contributed by atoms with Gasteiger partial charge in [0.2, 0.25) is 0 Å². The number of anilines is 1. The van der Waals surface area contributed by atoms with Crippen LogP contribution in [0.1, 0.15) is 23.6 Å². The maximum Gasteiger partial charge on any atom is 0.0912 e. The Labute approximate surface area is 117 Å². The zero-order chi connectivity index (χ0) is 13.4. The van der Waals surface area contributed by atoms with Gasteiger partial charge in [-0.1, -0.05) is 17.7 Å². The molecule has 2 aromatic rings. The zero-order valence-corrected chi connectivity index (χ0v) is 11.5. The summed E-state index contributed by atoms with van der Waals surface area (Å²) in [5, 5.41) is 5.32. The Kier molecular flexibility index (Phi) is 3.21. The second-order valence-electron chi connectivity index (χ2n) is 4.91. The van der Waals surface area contributed by atoms with Crippen LogP contribution < -0.4 is 5.73 Å². The molecule has 3 rings (SSSR count). The molecule has 19 heavy (non-hydrogen) atoms. The van der Waals surface area contributed by atoms with Crippen molar-refractivity contribution in [3.8, 4) is 5.69 Å². The molecule has 4 nitrogen and oxygen atoms in total. The first kappa shape index (κ1) is 12.5. The Bertz CT molecular complexity index is 603. The largest absolute Gasteiger partial charge is 0.396 e. The maximum atomic E-state index is 6.15. The van der Waals surface area contributed by atoms with Crippen molar-refractivity contribution < 1.29 is 4.74 Å². The van der Waals surface area contributed by atoms with Crippen molar-refractivity contribution in [1.29, 1.82) is 0 Å². The number of nitrogens with zero attached hydrogens (tertiary/aromatic N) is 2. The molecule has 0 spiro atoms. The first-order valence-corrected chi connectivity index (χ1v) is 6.72. The predicted octanol–water partition coefficient (Wildman–Crippen LogP) is 2.92. The van der Waals surface area contributed by atoms with Crippen LogP contribution in [0.4, 0.5) is 5.69 Å². The van der Waals surface area contributed by atoms with E-state index < -0.39 is 0 Å². The SMILES string of the molecule is Cc1ccc(-n2cc(N)c(C3CCOC3)n2)cc1Cl. The predicted molar refractivity (Wildman–Crippen MR) is 75.9 cm³/mol. The average Bonchev–Trinajstić information content (AvgIpc) is 3.01. The third-order valence-electron chi connectivity index (χ3n) is 3.51. The van der Waals surface area contributed by atoms with Gasteiger partial charge in [-0.15, -0.1) is 0 Å². The lowest BCUT2D eigenvalue weighted by Gasteiger charge is -2.05. The van der Waals surface area contributed by atoms with Crippen LogP contribution in [0.5, 0.6) is 0 Å². The number of ether oxygens (including phenoxy) is 1. The smallest absolute Gasteiger partial charge is 0.0912 e. The van der Waals surface area contributed by atoms with Crippen LogP contribution in [-0.2, 0) is 4.74 Å². The third-order valence-corrected chi connectivity index (χ3v) is 3.92. The fourth-order valence-electron chi connectivity index (χ4n) is 2.32. The molecule has 100 valence electrons. The van der Waals surface area contributed by atoms with Crippen LogP contribution in [0.3, 0.4) is 0 Å². The number of nitrogen functional groups attached to an aromatic ring is 1. The van der Waals surface area contributed by atoms with E-state index in [4.69, 9.17) is 22.1 Å². The summed E-state index contributed by atoms with van der Waals surface area (Å²) in [7, 11) is 0.